The summed E-state index contributed by atoms with van der Waals surface area (Å²) in [6.45, 7) is 5.91. The zero-order chi connectivity index (χ0) is 41.3. The van der Waals surface area contributed by atoms with Crippen molar-refractivity contribution >= 4 is 29.6 Å². The summed E-state index contributed by atoms with van der Waals surface area (Å²) in [5, 5.41) is 31.6. The van der Waals surface area contributed by atoms with Gasteiger partial charge in [0, 0.05) is 44.1 Å². The number of phenols is 1. The number of ether oxygens (including phenoxy) is 1. The first-order valence-corrected chi connectivity index (χ1v) is 20.0. The predicted molar refractivity (Wildman–Crippen MR) is 217 cm³/mol. The lowest BCUT2D eigenvalue weighted by molar-refractivity contribution is -0.142. The van der Waals surface area contributed by atoms with Gasteiger partial charge in [0.05, 0.1) is 13.1 Å². The van der Waals surface area contributed by atoms with Crippen molar-refractivity contribution in [1.82, 2.24) is 26.2 Å². The maximum absolute atomic E-state index is 13.6. The Morgan fingerprint density at radius 3 is 2.23 bits per heavy atom. The molecule has 15 nitrogen and oxygen atoms in total. The lowest BCUT2D eigenvalue weighted by Crippen LogP contribution is -2.49. The Morgan fingerprint density at radius 2 is 1.59 bits per heavy atom. The van der Waals surface area contributed by atoms with Crippen LogP contribution < -0.4 is 37.5 Å². The van der Waals surface area contributed by atoms with Gasteiger partial charge in [-0.15, -0.1) is 0 Å². The average molecular weight is 784 g/mol. The number of aromatic hydroxyl groups is 1. The number of fused-ring (bicyclic) bond motifs is 5. The monoisotopic (exact) mass is 783 g/mol. The Hall–Kier alpha value is -4.73. The number of carbonyl (C=O) groups is 5. The summed E-state index contributed by atoms with van der Waals surface area (Å²) in [5.41, 5.74) is 12.3. The smallest absolute Gasteiger partial charge is 0.326 e. The Morgan fingerprint density at radius 1 is 0.893 bits per heavy atom. The van der Waals surface area contributed by atoms with Gasteiger partial charge in [0.15, 0.2) is 0 Å². The number of carboxylic acid groups (broad SMARTS) is 1. The number of rotatable bonds is 21. The van der Waals surface area contributed by atoms with E-state index in [0.29, 0.717) is 29.0 Å². The zero-order valence-electron chi connectivity index (χ0n) is 33.5. The molecular formula is C41H65N7O8. The zero-order valence-corrected chi connectivity index (χ0v) is 33.5. The molecule has 2 atom stereocenters. The molecule has 56 heavy (non-hydrogen) atoms. The molecule has 2 unspecified atom stereocenters. The van der Waals surface area contributed by atoms with Crippen molar-refractivity contribution < 1.29 is 38.9 Å². The van der Waals surface area contributed by atoms with E-state index in [1.54, 1.807) is 18.2 Å². The number of nitrogens with one attached hydrogen (secondary N) is 4. The van der Waals surface area contributed by atoms with E-state index in [4.69, 9.17) is 16.2 Å². The third-order valence-electron chi connectivity index (χ3n) is 9.30. The van der Waals surface area contributed by atoms with Crippen LogP contribution in [0.4, 0.5) is 0 Å². The van der Waals surface area contributed by atoms with Crippen molar-refractivity contribution in [2.75, 3.05) is 52.9 Å². The second kappa shape index (κ2) is 27.0. The highest BCUT2D eigenvalue weighted by molar-refractivity contribution is 5.94. The number of benzene rings is 2. The van der Waals surface area contributed by atoms with Crippen molar-refractivity contribution in [3.63, 3.8) is 0 Å². The molecule has 3 rings (SSSR count). The minimum Gasteiger partial charge on any atom is -0.507 e. The van der Waals surface area contributed by atoms with Crippen molar-refractivity contribution in [1.29, 1.82) is 0 Å². The highest BCUT2D eigenvalue weighted by Gasteiger charge is 2.31. The Balaban J connectivity index is 0.00000203. The lowest BCUT2D eigenvalue weighted by Gasteiger charge is -2.29. The number of nitrogens with zero attached hydrogens (tertiary/aromatic N) is 1. The summed E-state index contributed by atoms with van der Waals surface area (Å²) >= 11 is 0. The third kappa shape index (κ3) is 17.0. The first kappa shape index (κ1) is 47.4. The highest BCUT2D eigenvalue weighted by Crippen LogP contribution is 2.39. The molecule has 10 N–H and O–H groups in total. The number of hydrogen-bond donors (Lipinski definition) is 8. The summed E-state index contributed by atoms with van der Waals surface area (Å²) in [6.07, 6.45) is 12.2. The van der Waals surface area contributed by atoms with Crippen LogP contribution in [0, 0.1) is 0 Å². The molecule has 0 radical (unpaired) electrons. The minimum absolute atomic E-state index is 0.0828. The molecule has 1 aliphatic rings. The van der Waals surface area contributed by atoms with E-state index in [9.17, 15) is 34.2 Å². The molecule has 1 heterocycles. The van der Waals surface area contributed by atoms with Crippen molar-refractivity contribution in [2.45, 2.75) is 103 Å². The van der Waals surface area contributed by atoms with Crippen LogP contribution in [-0.4, -0.2) is 104 Å². The summed E-state index contributed by atoms with van der Waals surface area (Å²) in [5.74, 6) is -3.45. The van der Waals surface area contributed by atoms with Crippen LogP contribution in [0.2, 0.25) is 0 Å². The van der Waals surface area contributed by atoms with E-state index < -0.39 is 42.3 Å². The number of hydrogen-bond acceptors (Lipinski definition) is 10. The minimum atomic E-state index is -1.31. The maximum atomic E-state index is 13.6. The molecular weight excluding hydrogens is 718 g/mol. The second-order valence-corrected chi connectivity index (χ2v) is 13.9. The molecule has 0 fully saturated rings. The number of carbonyl (C=O) groups excluding carboxylic acids is 4. The summed E-state index contributed by atoms with van der Waals surface area (Å²) in [7, 11) is 1.40. The molecule has 0 saturated carbocycles. The van der Waals surface area contributed by atoms with Crippen molar-refractivity contribution in [3.05, 3.63) is 47.5 Å². The van der Waals surface area contributed by atoms with E-state index in [1.165, 1.54) is 76.6 Å². The molecule has 2 aromatic rings. The van der Waals surface area contributed by atoms with Gasteiger partial charge >= 0.3 is 5.97 Å². The highest BCUT2D eigenvalue weighted by atomic mass is 16.5. The van der Waals surface area contributed by atoms with Crippen LogP contribution >= 0.6 is 0 Å². The molecule has 2 aromatic carbocycles. The number of carboxylic acids is 1. The molecule has 4 amide bonds. The fraction of sp³-hybridized carbons (Fsp3) is 0.585. The van der Waals surface area contributed by atoms with Crippen LogP contribution in [0.15, 0.2) is 36.4 Å². The van der Waals surface area contributed by atoms with Gasteiger partial charge in [-0.2, -0.15) is 0 Å². The first-order chi connectivity index (χ1) is 27.0. The van der Waals surface area contributed by atoms with E-state index >= 15 is 0 Å². The van der Waals surface area contributed by atoms with Crippen LogP contribution in [0.5, 0.6) is 11.5 Å². The van der Waals surface area contributed by atoms with Gasteiger partial charge in [0.2, 0.25) is 23.6 Å². The maximum Gasteiger partial charge on any atom is 0.326 e. The third-order valence-corrected chi connectivity index (χ3v) is 9.30. The normalized spacial score (nSPS) is 15.3. The number of likely N-dealkylation sites (N-methyl/N-ethyl adjacent to an activating group) is 1. The standard InChI is InChI=1S/C37H54N6O8.C4H11N/c1-3-4-5-6-7-8-9-10-17-39-18-15-32(45)40-24-34(47)43(2)35-26-12-13-30(44)27(22-26)28-20-25(11-14-31(28)51-19-16-38)21-29(37(49)50)42-33(46)23-41-36(35)48;1-2-3-4-5/h11-14,20,22,29,35,39,44H,3-10,15-19,21,23-24,38H2,1-2H3,(H,40,45)(H,41,48)(H,42,46)(H,49,50);2-5H2,1H3. The predicted octanol–water partition coefficient (Wildman–Crippen LogP) is 3.12. The van der Waals surface area contributed by atoms with Gasteiger partial charge in [-0.3, -0.25) is 19.2 Å². The lowest BCUT2D eigenvalue weighted by atomic mass is 9.94. The first-order valence-electron chi connectivity index (χ1n) is 20.0. The molecule has 4 bridgehead atoms. The second-order valence-electron chi connectivity index (χ2n) is 13.9. The number of phenolic OH excluding ortho intramolecular Hbond substituents is 1. The fourth-order valence-electron chi connectivity index (χ4n) is 6.09. The van der Waals surface area contributed by atoms with Gasteiger partial charge in [0.25, 0.3) is 0 Å². The summed E-state index contributed by atoms with van der Waals surface area (Å²) in [4.78, 5) is 65.5. The van der Waals surface area contributed by atoms with Gasteiger partial charge in [-0.1, -0.05) is 77.3 Å². The van der Waals surface area contributed by atoms with Gasteiger partial charge < -0.3 is 52.6 Å². The van der Waals surface area contributed by atoms with Gasteiger partial charge in [0.1, 0.15) is 30.2 Å². The molecule has 0 saturated heterocycles. The molecule has 0 spiro atoms. The molecule has 312 valence electrons. The number of amides is 4. The molecule has 0 aliphatic carbocycles. The van der Waals surface area contributed by atoms with Crippen LogP contribution in [-0.2, 0) is 30.4 Å². The van der Waals surface area contributed by atoms with E-state index in [2.05, 4.69) is 35.1 Å². The van der Waals surface area contributed by atoms with E-state index in [1.807, 2.05) is 0 Å². The SMILES string of the molecule is CCCCCCCCCCNCCC(=O)NCC(=O)N(C)C1C(=O)NCC(=O)NC(C(=O)O)Cc2ccc(OCCN)c(c2)-c2cc1ccc2O.CCCCN. The van der Waals surface area contributed by atoms with Gasteiger partial charge in [-0.05, 0) is 61.3 Å². The van der Waals surface area contributed by atoms with Crippen molar-refractivity contribution in [3.8, 4) is 22.6 Å². The largest absolute Gasteiger partial charge is 0.507 e. The fourth-order valence-corrected chi connectivity index (χ4v) is 6.09. The van der Waals surface area contributed by atoms with Crippen molar-refractivity contribution in [2.24, 2.45) is 11.5 Å². The molecule has 0 aromatic heterocycles. The Bertz CT molecular complexity index is 1540. The molecule has 1 aliphatic heterocycles. The quantitative estimate of drug-likeness (QED) is 0.0857. The van der Waals surface area contributed by atoms with E-state index in [0.717, 1.165) is 30.8 Å². The van der Waals surface area contributed by atoms with Crippen LogP contribution in [0.3, 0.4) is 0 Å². The number of unbranched alkanes of at least 4 members (excludes halogenated alkanes) is 8. The van der Waals surface area contributed by atoms with Crippen LogP contribution in [0.1, 0.15) is 102 Å². The Kier molecular flexibility index (Phi) is 22.8. The summed E-state index contributed by atoms with van der Waals surface area (Å²) < 4.78 is 5.83. The summed E-state index contributed by atoms with van der Waals surface area (Å²) in [6, 6.07) is 6.72. The van der Waals surface area contributed by atoms with Gasteiger partial charge in [-0.25, -0.2) is 4.79 Å². The average Bonchev–Trinajstić information content (AvgIpc) is 3.18. The molecule has 15 heteroatoms. The number of nitrogens with two attached hydrogens (primary N) is 2. The van der Waals surface area contributed by atoms with Crippen LogP contribution in [0.25, 0.3) is 11.1 Å². The van der Waals surface area contributed by atoms with E-state index in [-0.39, 0.29) is 49.8 Å². The number of aliphatic carboxylic acids is 1. The Labute approximate surface area is 331 Å². The topological polar surface area (TPSA) is 238 Å².